The first-order valence-corrected chi connectivity index (χ1v) is 4.69. The lowest BCUT2D eigenvalue weighted by Gasteiger charge is -2.39. The van der Waals surface area contributed by atoms with Crippen LogP contribution in [-0.2, 0) is 9.53 Å². The number of hydrogen-bond donors (Lipinski definition) is 2. The Hall–Kier alpha value is -0.710. The van der Waals surface area contributed by atoms with E-state index in [0.717, 1.165) is 0 Å². The van der Waals surface area contributed by atoms with E-state index in [4.69, 9.17) is 4.74 Å². The lowest BCUT2D eigenvalue weighted by Crippen LogP contribution is -2.60. The second-order valence-electron chi connectivity index (χ2n) is 4.19. The summed E-state index contributed by atoms with van der Waals surface area (Å²) in [5.74, 6) is -0.575. The van der Waals surface area contributed by atoms with Crippen LogP contribution in [0.2, 0.25) is 0 Å². The van der Waals surface area contributed by atoms with Gasteiger partial charge in [0.2, 0.25) is 0 Å². The molecule has 1 saturated heterocycles. The predicted octanol–water partition coefficient (Wildman–Crippen LogP) is -0.214. The standard InChI is InChI=1S/C10H14O4/c1-6(2)10(13)8(12)7(11)3-4-9(10)5-14-9/h7,11,13H,1,3-5H2,2H3. The van der Waals surface area contributed by atoms with Gasteiger partial charge in [-0.05, 0) is 25.3 Å². The van der Waals surface area contributed by atoms with Crippen molar-refractivity contribution in [2.75, 3.05) is 6.61 Å². The predicted molar refractivity (Wildman–Crippen MR) is 48.7 cm³/mol. The topological polar surface area (TPSA) is 70.1 Å². The molecule has 4 nitrogen and oxygen atoms in total. The molecule has 1 aliphatic carbocycles. The molecule has 14 heavy (non-hydrogen) atoms. The van der Waals surface area contributed by atoms with Crippen LogP contribution in [0.4, 0.5) is 0 Å². The first kappa shape index (κ1) is 9.83. The minimum atomic E-state index is -1.69. The molecule has 1 saturated carbocycles. The Balaban J connectivity index is 2.41. The van der Waals surface area contributed by atoms with Crippen LogP contribution in [0.5, 0.6) is 0 Å². The molecule has 3 atom stereocenters. The molecular weight excluding hydrogens is 184 g/mol. The number of aliphatic hydroxyl groups excluding tert-OH is 1. The number of Topliss-reactive ketones (excluding diaryl/α,β-unsaturated/α-hetero) is 1. The Morgan fingerprint density at radius 1 is 1.71 bits per heavy atom. The van der Waals surface area contributed by atoms with Crippen molar-refractivity contribution in [3.8, 4) is 0 Å². The lowest BCUT2D eigenvalue weighted by atomic mass is 9.70. The van der Waals surface area contributed by atoms with Crippen LogP contribution < -0.4 is 0 Å². The minimum Gasteiger partial charge on any atom is -0.385 e. The number of rotatable bonds is 1. The number of carbonyl (C=O) groups excluding carboxylic acids is 1. The third kappa shape index (κ3) is 0.960. The van der Waals surface area contributed by atoms with Crippen LogP contribution in [0.3, 0.4) is 0 Å². The highest BCUT2D eigenvalue weighted by molar-refractivity contribution is 5.96. The van der Waals surface area contributed by atoms with Crippen LogP contribution in [0, 0.1) is 0 Å². The van der Waals surface area contributed by atoms with Crippen molar-refractivity contribution in [3.63, 3.8) is 0 Å². The zero-order chi connectivity index (χ0) is 10.6. The summed E-state index contributed by atoms with van der Waals surface area (Å²) in [6, 6.07) is 0. The van der Waals surface area contributed by atoms with Gasteiger partial charge in [-0.3, -0.25) is 4.79 Å². The SMILES string of the molecule is C=C(C)C1(O)C(=O)C(O)CCC12CO2. The van der Waals surface area contributed by atoms with Crippen molar-refractivity contribution < 1.29 is 19.7 Å². The molecular formula is C10H14O4. The monoisotopic (exact) mass is 198 g/mol. The molecule has 4 heteroatoms. The second-order valence-corrected chi connectivity index (χ2v) is 4.19. The number of ether oxygens (including phenoxy) is 1. The Kier molecular flexibility index (Phi) is 1.86. The Bertz CT molecular complexity index is 305. The van der Waals surface area contributed by atoms with Gasteiger partial charge in [0.25, 0.3) is 0 Å². The minimum absolute atomic E-state index is 0.346. The first-order valence-electron chi connectivity index (χ1n) is 4.69. The molecule has 1 heterocycles. The molecule has 78 valence electrons. The van der Waals surface area contributed by atoms with Gasteiger partial charge in [0.05, 0.1) is 6.61 Å². The number of hydrogen-bond acceptors (Lipinski definition) is 4. The fourth-order valence-corrected chi connectivity index (χ4v) is 2.19. The summed E-state index contributed by atoms with van der Waals surface area (Å²) >= 11 is 0. The average molecular weight is 198 g/mol. The van der Waals surface area contributed by atoms with Crippen LogP contribution >= 0.6 is 0 Å². The van der Waals surface area contributed by atoms with Crippen molar-refractivity contribution >= 4 is 5.78 Å². The normalized spacial score (nSPS) is 46.8. The average Bonchev–Trinajstić information content (AvgIpc) is 2.90. The molecule has 0 amide bonds. The smallest absolute Gasteiger partial charge is 0.199 e. The highest BCUT2D eigenvalue weighted by Crippen LogP contribution is 2.49. The summed E-state index contributed by atoms with van der Waals surface area (Å²) in [6.45, 7) is 5.56. The van der Waals surface area contributed by atoms with E-state index in [9.17, 15) is 15.0 Å². The summed E-state index contributed by atoms with van der Waals surface area (Å²) in [5, 5.41) is 19.7. The fourth-order valence-electron chi connectivity index (χ4n) is 2.19. The molecule has 0 aromatic rings. The molecule has 2 aliphatic rings. The first-order chi connectivity index (χ1) is 6.44. The van der Waals surface area contributed by atoms with Crippen LogP contribution in [0.1, 0.15) is 19.8 Å². The van der Waals surface area contributed by atoms with E-state index in [-0.39, 0.29) is 0 Å². The number of ketones is 1. The van der Waals surface area contributed by atoms with E-state index in [0.29, 0.717) is 25.0 Å². The molecule has 1 spiro atoms. The van der Waals surface area contributed by atoms with Crippen molar-refractivity contribution in [1.82, 2.24) is 0 Å². The molecule has 3 unspecified atom stereocenters. The van der Waals surface area contributed by atoms with Gasteiger partial charge in [-0.1, -0.05) is 6.58 Å². The van der Waals surface area contributed by atoms with Crippen LogP contribution in [-0.4, -0.2) is 39.9 Å². The largest absolute Gasteiger partial charge is 0.385 e. The van der Waals surface area contributed by atoms with Crippen molar-refractivity contribution in [3.05, 3.63) is 12.2 Å². The summed E-state index contributed by atoms with van der Waals surface area (Å²) in [6.07, 6.45) is -0.232. The van der Waals surface area contributed by atoms with E-state index >= 15 is 0 Å². The number of carbonyl (C=O) groups is 1. The van der Waals surface area contributed by atoms with Gasteiger partial charge in [0.1, 0.15) is 11.7 Å². The zero-order valence-electron chi connectivity index (χ0n) is 8.12. The summed E-state index contributed by atoms with van der Waals surface area (Å²) in [7, 11) is 0. The molecule has 1 aliphatic heterocycles. The quantitative estimate of drug-likeness (QED) is 0.451. The Morgan fingerprint density at radius 2 is 2.29 bits per heavy atom. The highest BCUT2D eigenvalue weighted by Gasteiger charge is 2.68. The molecule has 0 bridgehead atoms. The van der Waals surface area contributed by atoms with E-state index in [2.05, 4.69) is 6.58 Å². The molecule has 2 fully saturated rings. The van der Waals surface area contributed by atoms with Crippen molar-refractivity contribution in [2.45, 2.75) is 37.1 Å². The van der Waals surface area contributed by atoms with Crippen molar-refractivity contribution in [2.24, 2.45) is 0 Å². The van der Waals surface area contributed by atoms with Gasteiger partial charge in [-0.25, -0.2) is 0 Å². The molecule has 0 radical (unpaired) electrons. The molecule has 2 N–H and O–H groups in total. The maximum atomic E-state index is 11.7. The zero-order valence-corrected chi connectivity index (χ0v) is 8.12. The van der Waals surface area contributed by atoms with E-state index < -0.39 is 23.1 Å². The molecule has 2 rings (SSSR count). The third-order valence-corrected chi connectivity index (χ3v) is 3.25. The van der Waals surface area contributed by atoms with Gasteiger partial charge in [-0.15, -0.1) is 0 Å². The number of epoxide rings is 1. The van der Waals surface area contributed by atoms with Crippen molar-refractivity contribution in [1.29, 1.82) is 0 Å². The van der Waals surface area contributed by atoms with E-state index in [1.807, 2.05) is 0 Å². The lowest BCUT2D eigenvalue weighted by molar-refractivity contribution is -0.155. The summed E-state index contributed by atoms with van der Waals surface area (Å²) < 4.78 is 5.19. The van der Waals surface area contributed by atoms with Gasteiger partial charge >= 0.3 is 0 Å². The Morgan fingerprint density at radius 3 is 2.71 bits per heavy atom. The molecule has 0 aromatic heterocycles. The van der Waals surface area contributed by atoms with Crippen LogP contribution in [0.15, 0.2) is 12.2 Å². The second kappa shape index (κ2) is 2.66. The Labute approximate surface area is 82.2 Å². The summed E-state index contributed by atoms with van der Waals surface area (Å²) in [4.78, 5) is 11.7. The highest BCUT2D eigenvalue weighted by atomic mass is 16.6. The van der Waals surface area contributed by atoms with Gasteiger partial charge in [0.15, 0.2) is 11.4 Å². The van der Waals surface area contributed by atoms with E-state index in [1.165, 1.54) is 0 Å². The maximum Gasteiger partial charge on any atom is 0.199 e. The number of aliphatic hydroxyl groups is 2. The summed E-state index contributed by atoms with van der Waals surface area (Å²) in [5.41, 5.74) is -2.14. The van der Waals surface area contributed by atoms with Gasteiger partial charge in [0, 0.05) is 0 Å². The van der Waals surface area contributed by atoms with Gasteiger partial charge < -0.3 is 14.9 Å². The third-order valence-electron chi connectivity index (χ3n) is 3.25. The van der Waals surface area contributed by atoms with E-state index in [1.54, 1.807) is 6.92 Å². The maximum absolute atomic E-state index is 11.7. The van der Waals surface area contributed by atoms with Crippen LogP contribution in [0.25, 0.3) is 0 Å². The fraction of sp³-hybridized carbons (Fsp3) is 0.700. The van der Waals surface area contributed by atoms with Gasteiger partial charge in [-0.2, -0.15) is 0 Å². The molecule has 0 aromatic carbocycles.